The van der Waals surface area contributed by atoms with Gasteiger partial charge in [-0.2, -0.15) is 0 Å². The predicted molar refractivity (Wildman–Crippen MR) is 119 cm³/mol. The molecule has 0 spiro atoms. The van der Waals surface area contributed by atoms with Gasteiger partial charge in [-0.15, -0.1) is 0 Å². The number of hydrogen-bond donors (Lipinski definition) is 0. The fraction of sp³-hybridized carbons (Fsp3) is 0.250. The van der Waals surface area contributed by atoms with Gasteiger partial charge in [0.15, 0.2) is 0 Å². The Labute approximate surface area is 177 Å². The van der Waals surface area contributed by atoms with E-state index in [-0.39, 0.29) is 5.91 Å². The Bertz CT molecular complexity index is 975. The number of carbonyl (C=O) groups is 1. The van der Waals surface area contributed by atoms with Gasteiger partial charge in [0.25, 0.3) is 5.91 Å². The molecule has 4 nitrogen and oxygen atoms in total. The third kappa shape index (κ3) is 4.65. The topological polar surface area (TPSA) is 28.5 Å². The summed E-state index contributed by atoms with van der Waals surface area (Å²) in [6.45, 7) is 3.18. The highest BCUT2D eigenvalue weighted by molar-refractivity contribution is 6.30. The van der Waals surface area contributed by atoms with Crippen LogP contribution in [0.2, 0.25) is 5.02 Å². The minimum atomic E-state index is 0.0996. The Kier molecular flexibility index (Phi) is 5.91. The molecule has 29 heavy (non-hydrogen) atoms. The van der Waals surface area contributed by atoms with E-state index in [4.69, 9.17) is 11.6 Å². The maximum atomic E-state index is 13.1. The first-order valence-electron chi connectivity index (χ1n) is 9.93. The van der Waals surface area contributed by atoms with Crippen molar-refractivity contribution in [3.63, 3.8) is 0 Å². The lowest BCUT2D eigenvalue weighted by atomic mass is 10.1. The normalized spacial score (nSPS) is 14.3. The van der Waals surface area contributed by atoms with E-state index < -0.39 is 0 Å². The second-order valence-corrected chi connectivity index (χ2v) is 7.86. The number of benzene rings is 2. The van der Waals surface area contributed by atoms with E-state index in [2.05, 4.69) is 41.7 Å². The minimum absolute atomic E-state index is 0.0996. The fourth-order valence-electron chi connectivity index (χ4n) is 3.78. The molecule has 0 N–H and O–H groups in total. The number of anilines is 1. The highest BCUT2D eigenvalue weighted by Crippen LogP contribution is 2.19. The van der Waals surface area contributed by atoms with Crippen molar-refractivity contribution in [2.75, 3.05) is 31.1 Å². The molecule has 1 saturated heterocycles. The van der Waals surface area contributed by atoms with E-state index in [0.717, 1.165) is 54.4 Å². The third-order valence-corrected chi connectivity index (χ3v) is 5.63. The summed E-state index contributed by atoms with van der Waals surface area (Å²) in [4.78, 5) is 17.3. The lowest BCUT2D eigenvalue weighted by Gasteiger charge is -2.36. The third-order valence-electron chi connectivity index (χ3n) is 5.40. The second kappa shape index (κ2) is 8.75. The standard InChI is InChI=1S/C24H25ClN3O/c1-26-18-20(11-10-19-6-5-7-21(25)16-19)17-23(26)24(29)28-14-12-27(13-15-28)22-8-3-2-4-9-22/h2-9,11,16-18H,10,12-15H2,1H3. The van der Waals surface area contributed by atoms with Crippen LogP contribution in [0.15, 0.2) is 66.9 Å². The molecule has 0 bridgehead atoms. The fourth-order valence-corrected chi connectivity index (χ4v) is 4.00. The highest BCUT2D eigenvalue weighted by Gasteiger charge is 2.24. The SMILES string of the molecule is Cn1cc([CH]Cc2cccc(Cl)c2)cc1C(=O)N1CCN(c2ccccc2)CC1. The smallest absolute Gasteiger partial charge is 0.270 e. The molecule has 1 fully saturated rings. The van der Waals surface area contributed by atoms with Crippen molar-refractivity contribution in [2.45, 2.75) is 6.42 Å². The molecular weight excluding hydrogens is 382 g/mol. The van der Waals surface area contributed by atoms with Gasteiger partial charge in [0.2, 0.25) is 0 Å². The number of rotatable bonds is 5. The predicted octanol–water partition coefficient (Wildman–Crippen LogP) is 4.44. The van der Waals surface area contributed by atoms with Gasteiger partial charge in [-0.25, -0.2) is 0 Å². The van der Waals surface area contributed by atoms with Crippen LogP contribution in [0, 0.1) is 6.42 Å². The Morgan fingerprint density at radius 2 is 1.76 bits per heavy atom. The van der Waals surface area contributed by atoms with Gasteiger partial charge in [0.05, 0.1) is 0 Å². The Balaban J connectivity index is 1.37. The van der Waals surface area contributed by atoms with Crippen LogP contribution in [0.25, 0.3) is 0 Å². The lowest BCUT2D eigenvalue weighted by molar-refractivity contribution is 0.0737. The summed E-state index contributed by atoms with van der Waals surface area (Å²) in [5.41, 5.74) is 4.16. The first-order valence-corrected chi connectivity index (χ1v) is 10.3. The Morgan fingerprint density at radius 1 is 1.00 bits per heavy atom. The van der Waals surface area contributed by atoms with Crippen molar-refractivity contribution in [2.24, 2.45) is 7.05 Å². The van der Waals surface area contributed by atoms with Crippen molar-refractivity contribution in [1.29, 1.82) is 0 Å². The van der Waals surface area contributed by atoms with Gasteiger partial charge in [0.1, 0.15) is 5.69 Å². The summed E-state index contributed by atoms with van der Waals surface area (Å²) in [5.74, 6) is 0.0996. The summed E-state index contributed by atoms with van der Waals surface area (Å²) in [5, 5.41) is 0.745. The van der Waals surface area contributed by atoms with Crippen LogP contribution in [0.1, 0.15) is 21.6 Å². The summed E-state index contributed by atoms with van der Waals surface area (Å²) >= 11 is 6.06. The van der Waals surface area contributed by atoms with Gasteiger partial charge in [-0.3, -0.25) is 4.79 Å². The van der Waals surface area contributed by atoms with Crippen LogP contribution in [-0.4, -0.2) is 41.6 Å². The molecule has 0 unspecified atom stereocenters. The van der Waals surface area contributed by atoms with Gasteiger partial charge in [-0.1, -0.05) is 41.9 Å². The molecule has 1 aliphatic rings. The average Bonchev–Trinajstić information content (AvgIpc) is 3.13. The maximum Gasteiger partial charge on any atom is 0.270 e. The van der Waals surface area contributed by atoms with Crippen molar-refractivity contribution in [3.05, 3.63) is 95.1 Å². The molecule has 0 aliphatic carbocycles. The van der Waals surface area contributed by atoms with Crippen molar-refractivity contribution in [3.8, 4) is 0 Å². The molecule has 3 aromatic rings. The summed E-state index contributed by atoms with van der Waals surface area (Å²) in [6.07, 6.45) is 4.93. The summed E-state index contributed by atoms with van der Waals surface area (Å²) in [6, 6.07) is 20.2. The first kappa shape index (κ1) is 19.6. The van der Waals surface area contributed by atoms with Crippen LogP contribution in [0.4, 0.5) is 5.69 Å². The van der Waals surface area contributed by atoms with Crippen LogP contribution in [0.5, 0.6) is 0 Å². The van der Waals surface area contributed by atoms with E-state index >= 15 is 0 Å². The molecule has 1 aliphatic heterocycles. The second-order valence-electron chi connectivity index (χ2n) is 7.42. The van der Waals surface area contributed by atoms with Crippen LogP contribution in [0.3, 0.4) is 0 Å². The molecule has 2 aromatic carbocycles. The van der Waals surface area contributed by atoms with Crippen LogP contribution >= 0.6 is 11.6 Å². The lowest BCUT2D eigenvalue weighted by Crippen LogP contribution is -2.49. The number of para-hydroxylation sites is 1. The molecule has 4 rings (SSSR count). The van der Waals surface area contributed by atoms with Crippen molar-refractivity contribution < 1.29 is 4.79 Å². The Hall–Kier alpha value is -2.72. The van der Waals surface area contributed by atoms with Gasteiger partial charge in [-0.05, 0) is 54.3 Å². The molecule has 0 atom stereocenters. The molecule has 1 radical (unpaired) electrons. The van der Waals surface area contributed by atoms with E-state index in [1.807, 2.05) is 53.0 Å². The van der Waals surface area contributed by atoms with E-state index in [1.54, 1.807) is 0 Å². The molecule has 1 aromatic heterocycles. The maximum absolute atomic E-state index is 13.1. The number of piperazine rings is 1. The van der Waals surface area contributed by atoms with Crippen LogP contribution < -0.4 is 4.90 Å². The minimum Gasteiger partial charge on any atom is -0.368 e. The average molecular weight is 407 g/mol. The molecule has 149 valence electrons. The number of amides is 1. The highest BCUT2D eigenvalue weighted by atomic mass is 35.5. The largest absolute Gasteiger partial charge is 0.368 e. The zero-order valence-electron chi connectivity index (χ0n) is 16.6. The number of carbonyl (C=O) groups excluding carboxylic acids is 1. The number of nitrogens with zero attached hydrogens (tertiary/aromatic N) is 3. The first-order chi connectivity index (χ1) is 14.1. The number of aromatic nitrogens is 1. The zero-order valence-corrected chi connectivity index (χ0v) is 17.3. The number of halogens is 1. The zero-order chi connectivity index (χ0) is 20.2. The molecule has 0 saturated carbocycles. The summed E-state index contributed by atoms with van der Waals surface area (Å²) in [7, 11) is 1.93. The van der Waals surface area contributed by atoms with E-state index in [1.165, 1.54) is 5.69 Å². The van der Waals surface area contributed by atoms with Crippen molar-refractivity contribution in [1.82, 2.24) is 9.47 Å². The number of hydrogen-bond acceptors (Lipinski definition) is 2. The quantitative estimate of drug-likeness (QED) is 0.626. The molecule has 2 heterocycles. The molecular formula is C24H25ClN3O. The monoisotopic (exact) mass is 406 g/mol. The summed E-state index contributed by atoms with van der Waals surface area (Å²) < 4.78 is 1.93. The molecule has 5 heteroatoms. The van der Waals surface area contributed by atoms with Crippen LogP contribution in [-0.2, 0) is 13.5 Å². The van der Waals surface area contributed by atoms with E-state index in [9.17, 15) is 4.79 Å². The van der Waals surface area contributed by atoms with Crippen molar-refractivity contribution >= 4 is 23.2 Å². The van der Waals surface area contributed by atoms with Gasteiger partial charge >= 0.3 is 0 Å². The van der Waals surface area contributed by atoms with E-state index in [0.29, 0.717) is 0 Å². The van der Waals surface area contributed by atoms with Gasteiger partial charge < -0.3 is 14.4 Å². The molecule has 1 amide bonds. The Morgan fingerprint density at radius 3 is 2.48 bits per heavy atom. The van der Waals surface area contributed by atoms with Gasteiger partial charge in [0, 0.05) is 50.1 Å². The number of aryl methyl sites for hydroxylation is 1.